The summed E-state index contributed by atoms with van der Waals surface area (Å²) in [6.45, 7) is 1.97. The highest BCUT2D eigenvalue weighted by atomic mass is 15.3. The zero-order chi connectivity index (χ0) is 7.68. The van der Waals surface area contributed by atoms with Gasteiger partial charge in [-0.25, -0.2) is 0 Å². The molecule has 0 aromatic carbocycles. The Hall–Kier alpha value is -1.58. The quantitative estimate of drug-likeness (QED) is 0.549. The third-order valence-electron chi connectivity index (χ3n) is 1.56. The van der Waals surface area contributed by atoms with E-state index in [2.05, 4.69) is 20.4 Å². The predicted octanol–water partition coefficient (Wildman–Crippen LogP) is 0.728. The molecule has 4 heteroatoms. The van der Waals surface area contributed by atoms with Crippen LogP contribution in [0.5, 0.6) is 0 Å². The van der Waals surface area contributed by atoms with Crippen LogP contribution in [0.1, 0.15) is 5.56 Å². The molecule has 54 valence electrons. The third kappa shape index (κ3) is 0.920. The van der Waals surface area contributed by atoms with Gasteiger partial charge in [-0.1, -0.05) is 0 Å². The van der Waals surface area contributed by atoms with Crippen molar-refractivity contribution in [3.05, 3.63) is 24.2 Å². The first-order valence-electron chi connectivity index (χ1n) is 3.26. The van der Waals surface area contributed by atoms with Crippen molar-refractivity contribution in [2.24, 2.45) is 0 Å². The van der Waals surface area contributed by atoms with Crippen molar-refractivity contribution in [1.82, 2.24) is 20.4 Å². The molecule has 0 aliphatic heterocycles. The third-order valence-corrected chi connectivity index (χ3v) is 1.56. The van der Waals surface area contributed by atoms with E-state index in [4.69, 9.17) is 0 Å². The standard InChI is InChI=1S/C7H6N4/c1-5-2-8-4-7-6(5)3-9-11-10-7/h2-4H,1H3. The average molecular weight is 146 g/mol. The van der Waals surface area contributed by atoms with E-state index in [1.165, 1.54) is 0 Å². The zero-order valence-corrected chi connectivity index (χ0v) is 6.02. The number of hydrogen-bond donors (Lipinski definition) is 0. The predicted molar refractivity (Wildman–Crippen MR) is 39.9 cm³/mol. The molecule has 0 radical (unpaired) electrons. The van der Waals surface area contributed by atoms with Crippen molar-refractivity contribution >= 4 is 10.9 Å². The highest BCUT2D eigenvalue weighted by molar-refractivity contribution is 5.78. The number of hydrogen-bond acceptors (Lipinski definition) is 4. The highest BCUT2D eigenvalue weighted by Crippen LogP contribution is 2.10. The van der Waals surface area contributed by atoms with Crippen molar-refractivity contribution in [1.29, 1.82) is 0 Å². The SMILES string of the molecule is Cc1cncc2nnncc12. The summed E-state index contributed by atoms with van der Waals surface area (Å²) < 4.78 is 0. The molecule has 4 nitrogen and oxygen atoms in total. The van der Waals surface area contributed by atoms with Crippen LogP contribution in [0, 0.1) is 6.92 Å². The molecule has 11 heavy (non-hydrogen) atoms. The Morgan fingerprint density at radius 1 is 1.18 bits per heavy atom. The Labute approximate surface area is 63.3 Å². The largest absolute Gasteiger partial charge is 0.262 e. The van der Waals surface area contributed by atoms with E-state index in [9.17, 15) is 0 Å². The maximum Gasteiger partial charge on any atom is 0.115 e. The molecule has 0 spiro atoms. The van der Waals surface area contributed by atoms with Gasteiger partial charge in [0.2, 0.25) is 0 Å². The van der Waals surface area contributed by atoms with E-state index in [-0.39, 0.29) is 0 Å². The van der Waals surface area contributed by atoms with E-state index in [1.807, 2.05) is 6.92 Å². The summed E-state index contributed by atoms with van der Waals surface area (Å²) in [5.41, 5.74) is 1.87. The Bertz CT molecular complexity index is 380. The van der Waals surface area contributed by atoms with Gasteiger partial charge in [0.1, 0.15) is 5.52 Å². The summed E-state index contributed by atoms with van der Waals surface area (Å²) in [5, 5.41) is 12.0. The Morgan fingerprint density at radius 2 is 2.09 bits per heavy atom. The molecule has 0 fully saturated rings. The minimum atomic E-state index is 0.792. The van der Waals surface area contributed by atoms with Gasteiger partial charge < -0.3 is 0 Å². The van der Waals surface area contributed by atoms with E-state index >= 15 is 0 Å². The van der Waals surface area contributed by atoms with Crippen LogP contribution in [0.4, 0.5) is 0 Å². The Morgan fingerprint density at radius 3 is 2.91 bits per heavy atom. The second-order valence-electron chi connectivity index (χ2n) is 2.32. The van der Waals surface area contributed by atoms with Gasteiger partial charge >= 0.3 is 0 Å². The van der Waals surface area contributed by atoms with Crippen LogP contribution in [0.15, 0.2) is 18.6 Å². The van der Waals surface area contributed by atoms with Crippen molar-refractivity contribution in [3.63, 3.8) is 0 Å². The van der Waals surface area contributed by atoms with Crippen molar-refractivity contribution in [3.8, 4) is 0 Å². The fraction of sp³-hybridized carbons (Fsp3) is 0.143. The summed E-state index contributed by atoms with van der Waals surface area (Å²) in [7, 11) is 0. The Balaban J connectivity index is 2.91. The molecule has 2 aromatic heterocycles. The maximum absolute atomic E-state index is 3.98. The fourth-order valence-electron chi connectivity index (χ4n) is 0.966. The average Bonchev–Trinajstić information content (AvgIpc) is 2.06. The van der Waals surface area contributed by atoms with Crippen molar-refractivity contribution in [2.45, 2.75) is 6.92 Å². The van der Waals surface area contributed by atoms with E-state index in [0.717, 1.165) is 16.5 Å². The normalized spacial score (nSPS) is 10.3. The molecule has 0 saturated carbocycles. The fourth-order valence-corrected chi connectivity index (χ4v) is 0.966. The van der Waals surface area contributed by atoms with Gasteiger partial charge in [-0.2, -0.15) is 0 Å². The molecule has 2 rings (SSSR count). The highest BCUT2D eigenvalue weighted by Gasteiger charge is 1.96. The lowest BCUT2D eigenvalue weighted by Crippen LogP contribution is -1.89. The number of aryl methyl sites for hydroxylation is 1. The second-order valence-corrected chi connectivity index (χ2v) is 2.32. The van der Waals surface area contributed by atoms with E-state index in [1.54, 1.807) is 18.6 Å². The lowest BCUT2D eigenvalue weighted by Gasteiger charge is -1.95. The van der Waals surface area contributed by atoms with Gasteiger partial charge in [-0.05, 0) is 17.7 Å². The first kappa shape index (κ1) is 6.15. The van der Waals surface area contributed by atoms with Crippen LogP contribution in [0.25, 0.3) is 10.9 Å². The molecule has 0 unspecified atom stereocenters. The second kappa shape index (κ2) is 2.23. The minimum absolute atomic E-state index is 0.792. The van der Waals surface area contributed by atoms with Gasteiger partial charge in [-0.3, -0.25) is 4.98 Å². The maximum atomic E-state index is 3.98. The lowest BCUT2D eigenvalue weighted by molar-refractivity contribution is 0.892. The van der Waals surface area contributed by atoms with E-state index in [0.29, 0.717) is 0 Å². The number of nitrogens with zero attached hydrogens (tertiary/aromatic N) is 4. The van der Waals surface area contributed by atoms with Gasteiger partial charge in [0.15, 0.2) is 0 Å². The number of aromatic nitrogens is 4. The van der Waals surface area contributed by atoms with Gasteiger partial charge in [0.25, 0.3) is 0 Å². The molecule has 2 heterocycles. The topological polar surface area (TPSA) is 51.6 Å². The molecule has 0 aliphatic carbocycles. The van der Waals surface area contributed by atoms with Gasteiger partial charge in [0, 0.05) is 11.6 Å². The summed E-state index contributed by atoms with van der Waals surface area (Å²) >= 11 is 0. The summed E-state index contributed by atoms with van der Waals surface area (Å²) in [4.78, 5) is 3.98. The zero-order valence-electron chi connectivity index (χ0n) is 6.02. The molecule has 2 aromatic rings. The molecular formula is C7H6N4. The molecule has 0 amide bonds. The van der Waals surface area contributed by atoms with Gasteiger partial charge in [-0.15, -0.1) is 10.2 Å². The van der Waals surface area contributed by atoms with E-state index < -0.39 is 0 Å². The summed E-state index contributed by atoms with van der Waals surface area (Å²) in [6.07, 6.45) is 5.15. The Kier molecular flexibility index (Phi) is 1.25. The van der Waals surface area contributed by atoms with Crippen LogP contribution >= 0.6 is 0 Å². The minimum Gasteiger partial charge on any atom is -0.262 e. The number of rotatable bonds is 0. The molecule has 0 saturated heterocycles. The first-order chi connectivity index (χ1) is 5.38. The molecule has 0 aliphatic rings. The molecule has 0 N–H and O–H groups in total. The lowest BCUT2D eigenvalue weighted by atomic mass is 10.2. The summed E-state index contributed by atoms with van der Waals surface area (Å²) in [6, 6.07) is 0. The summed E-state index contributed by atoms with van der Waals surface area (Å²) in [5.74, 6) is 0. The van der Waals surface area contributed by atoms with Crippen LogP contribution in [0.3, 0.4) is 0 Å². The van der Waals surface area contributed by atoms with Crippen LogP contribution in [0.2, 0.25) is 0 Å². The van der Waals surface area contributed by atoms with Crippen molar-refractivity contribution in [2.75, 3.05) is 0 Å². The molecule has 0 bridgehead atoms. The first-order valence-corrected chi connectivity index (χ1v) is 3.26. The molecular weight excluding hydrogens is 140 g/mol. The van der Waals surface area contributed by atoms with Crippen molar-refractivity contribution < 1.29 is 0 Å². The smallest absolute Gasteiger partial charge is 0.115 e. The van der Waals surface area contributed by atoms with Crippen LogP contribution in [-0.4, -0.2) is 20.4 Å². The number of pyridine rings is 1. The van der Waals surface area contributed by atoms with Crippen LogP contribution < -0.4 is 0 Å². The monoisotopic (exact) mass is 146 g/mol. The van der Waals surface area contributed by atoms with Gasteiger partial charge in [0.05, 0.1) is 12.4 Å². The van der Waals surface area contributed by atoms with Crippen LogP contribution in [-0.2, 0) is 0 Å². The molecule has 0 atom stereocenters. The number of fused-ring (bicyclic) bond motifs is 1.